The highest BCUT2D eigenvalue weighted by molar-refractivity contribution is 6.39. The number of anilines is 2. The Labute approximate surface area is 154 Å². The van der Waals surface area contributed by atoms with Crippen LogP contribution in [0.25, 0.3) is 0 Å². The monoisotopic (exact) mass is 360 g/mol. The van der Waals surface area contributed by atoms with Gasteiger partial charge >= 0.3 is 11.8 Å². The highest BCUT2D eigenvalue weighted by Crippen LogP contribution is 2.22. The van der Waals surface area contributed by atoms with Gasteiger partial charge in [-0.05, 0) is 44.5 Å². The number of nitrogens with zero attached hydrogens (tertiary/aromatic N) is 3. The third kappa shape index (κ3) is 4.53. The Morgan fingerprint density at radius 1 is 1.04 bits per heavy atom. The number of aryl methyl sites for hydroxylation is 1. The topological polar surface area (TPSA) is 73.0 Å². The van der Waals surface area contributed by atoms with Crippen molar-refractivity contribution in [3.8, 4) is 0 Å². The second-order valence-corrected chi connectivity index (χ2v) is 6.42. The van der Waals surface area contributed by atoms with Crippen LogP contribution >= 0.6 is 0 Å². The Morgan fingerprint density at radius 2 is 1.62 bits per heavy atom. The molecule has 0 unspecified atom stereocenters. The number of nitrogens with one attached hydrogen (secondary N) is 1. The number of carbonyl (C=O) groups excluding carboxylic acids is 3. The maximum atomic E-state index is 12.4. The van der Waals surface area contributed by atoms with E-state index < -0.39 is 11.8 Å². The van der Waals surface area contributed by atoms with Gasteiger partial charge in [0.1, 0.15) is 0 Å². The Bertz CT molecular complexity index is 677. The molecule has 0 bridgehead atoms. The van der Waals surface area contributed by atoms with E-state index in [-0.39, 0.29) is 5.91 Å². The van der Waals surface area contributed by atoms with Gasteiger partial charge in [-0.1, -0.05) is 0 Å². The normalized spacial score (nSPS) is 14.2. The number of carbonyl (C=O) groups is 3. The van der Waals surface area contributed by atoms with E-state index in [4.69, 9.17) is 0 Å². The quantitative estimate of drug-likeness (QED) is 0.826. The molecule has 1 aliphatic heterocycles. The maximum Gasteiger partial charge on any atom is 0.313 e. The third-order valence-corrected chi connectivity index (χ3v) is 4.79. The zero-order valence-electron chi connectivity index (χ0n) is 16.0. The van der Waals surface area contributed by atoms with Gasteiger partial charge in [0.25, 0.3) is 0 Å². The molecule has 0 atom stereocenters. The first-order valence-corrected chi connectivity index (χ1v) is 9.08. The SMILES string of the molecule is CCN(CC)c1ccc(NC(=O)C(=O)N2CCN(C(C)=O)CC2)c(C)c1. The molecule has 3 amide bonds. The minimum absolute atomic E-state index is 0.00883. The Morgan fingerprint density at radius 3 is 2.12 bits per heavy atom. The van der Waals surface area contributed by atoms with E-state index in [1.165, 1.54) is 11.8 Å². The molecule has 142 valence electrons. The van der Waals surface area contributed by atoms with Gasteiger partial charge in [-0.3, -0.25) is 14.4 Å². The number of benzene rings is 1. The molecule has 1 heterocycles. The fourth-order valence-corrected chi connectivity index (χ4v) is 3.12. The van der Waals surface area contributed by atoms with Gasteiger partial charge in [0.2, 0.25) is 5.91 Å². The minimum Gasteiger partial charge on any atom is -0.372 e. The first kappa shape index (κ1) is 19.8. The fraction of sp³-hybridized carbons (Fsp3) is 0.526. The fourth-order valence-electron chi connectivity index (χ4n) is 3.12. The molecule has 7 heteroatoms. The largest absolute Gasteiger partial charge is 0.372 e. The summed E-state index contributed by atoms with van der Waals surface area (Å²) < 4.78 is 0. The van der Waals surface area contributed by atoms with Crippen LogP contribution in [-0.2, 0) is 14.4 Å². The lowest BCUT2D eigenvalue weighted by molar-refractivity contribution is -0.145. The molecular weight excluding hydrogens is 332 g/mol. The van der Waals surface area contributed by atoms with Crippen LogP contribution < -0.4 is 10.2 Å². The van der Waals surface area contributed by atoms with Gasteiger partial charge in [-0.15, -0.1) is 0 Å². The average molecular weight is 360 g/mol. The van der Waals surface area contributed by atoms with Crippen LogP contribution in [-0.4, -0.2) is 66.8 Å². The Hall–Kier alpha value is -2.57. The number of piperazine rings is 1. The van der Waals surface area contributed by atoms with Crippen molar-refractivity contribution >= 4 is 29.1 Å². The van der Waals surface area contributed by atoms with Crippen LogP contribution in [0.2, 0.25) is 0 Å². The molecule has 0 radical (unpaired) electrons. The van der Waals surface area contributed by atoms with E-state index in [1.54, 1.807) is 4.90 Å². The molecule has 0 spiro atoms. The molecule has 0 saturated carbocycles. The van der Waals surface area contributed by atoms with Gasteiger partial charge < -0.3 is 20.0 Å². The van der Waals surface area contributed by atoms with E-state index in [0.717, 1.165) is 24.3 Å². The number of hydrogen-bond donors (Lipinski definition) is 1. The third-order valence-electron chi connectivity index (χ3n) is 4.79. The lowest BCUT2D eigenvalue weighted by Gasteiger charge is -2.33. The standard InChI is InChI=1S/C19H28N4O3/c1-5-21(6-2)16-7-8-17(14(3)13-16)20-18(25)19(26)23-11-9-22(10-12-23)15(4)24/h7-8,13H,5-6,9-12H2,1-4H3,(H,20,25). The lowest BCUT2D eigenvalue weighted by atomic mass is 10.1. The first-order chi connectivity index (χ1) is 12.4. The van der Waals surface area contributed by atoms with Crippen molar-refractivity contribution in [3.05, 3.63) is 23.8 Å². The highest BCUT2D eigenvalue weighted by Gasteiger charge is 2.27. The number of amides is 3. The smallest absolute Gasteiger partial charge is 0.313 e. The minimum atomic E-state index is -0.639. The molecule has 0 aliphatic carbocycles. The molecule has 26 heavy (non-hydrogen) atoms. The highest BCUT2D eigenvalue weighted by atomic mass is 16.2. The first-order valence-electron chi connectivity index (χ1n) is 9.08. The Kier molecular flexibility index (Phi) is 6.60. The summed E-state index contributed by atoms with van der Waals surface area (Å²) in [7, 11) is 0. The van der Waals surface area contributed by atoms with Crippen LogP contribution in [0.15, 0.2) is 18.2 Å². The average Bonchev–Trinajstić information content (AvgIpc) is 2.64. The summed E-state index contributed by atoms with van der Waals surface area (Å²) in [5.74, 6) is -1.20. The zero-order valence-corrected chi connectivity index (χ0v) is 16.0. The molecule has 7 nitrogen and oxygen atoms in total. The van der Waals surface area contributed by atoms with Gasteiger partial charge in [-0.2, -0.15) is 0 Å². The summed E-state index contributed by atoms with van der Waals surface area (Å²) in [5, 5.41) is 2.71. The molecule has 1 N–H and O–H groups in total. The summed E-state index contributed by atoms with van der Waals surface area (Å²) in [6.07, 6.45) is 0. The second-order valence-electron chi connectivity index (χ2n) is 6.42. The predicted octanol–water partition coefficient (Wildman–Crippen LogP) is 1.47. The second kappa shape index (κ2) is 8.69. The van der Waals surface area contributed by atoms with Gasteiger partial charge in [0.15, 0.2) is 0 Å². The van der Waals surface area contributed by atoms with Crippen LogP contribution in [0, 0.1) is 6.92 Å². The van der Waals surface area contributed by atoms with Crippen LogP contribution in [0.1, 0.15) is 26.3 Å². The van der Waals surface area contributed by atoms with Crippen molar-refractivity contribution < 1.29 is 14.4 Å². The summed E-state index contributed by atoms with van der Waals surface area (Å²) in [5.41, 5.74) is 2.65. The molecule has 1 aliphatic rings. The molecular formula is C19H28N4O3. The van der Waals surface area contributed by atoms with E-state index in [9.17, 15) is 14.4 Å². The summed E-state index contributed by atoms with van der Waals surface area (Å²) in [6, 6.07) is 5.80. The summed E-state index contributed by atoms with van der Waals surface area (Å²) in [4.78, 5) is 41.4. The van der Waals surface area contributed by atoms with E-state index >= 15 is 0 Å². The van der Waals surface area contributed by atoms with Crippen LogP contribution in [0.5, 0.6) is 0 Å². The van der Waals surface area contributed by atoms with Gasteiger partial charge in [0, 0.05) is 57.6 Å². The lowest BCUT2D eigenvalue weighted by Crippen LogP contribution is -2.52. The van der Waals surface area contributed by atoms with Crippen LogP contribution in [0.4, 0.5) is 11.4 Å². The van der Waals surface area contributed by atoms with Gasteiger partial charge in [0.05, 0.1) is 0 Å². The van der Waals surface area contributed by atoms with Crippen molar-refractivity contribution in [2.75, 3.05) is 49.5 Å². The van der Waals surface area contributed by atoms with Crippen molar-refractivity contribution in [2.45, 2.75) is 27.7 Å². The van der Waals surface area contributed by atoms with Crippen molar-refractivity contribution in [2.24, 2.45) is 0 Å². The van der Waals surface area contributed by atoms with Gasteiger partial charge in [-0.25, -0.2) is 0 Å². The predicted molar refractivity (Wildman–Crippen MR) is 102 cm³/mol. The molecule has 1 aromatic rings. The van der Waals surface area contributed by atoms with Crippen molar-refractivity contribution in [1.29, 1.82) is 0 Å². The molecule has 1 fully saturated rings. The van der Waals surface area contributed by atoms with E-state index in [1.807, 2.05) is 25.1 Å². The number of rotatable bonds is 4. The van der Waals surface area contributed by atoms with E-state index in [0.29, 0.717) is 31.9 Å². The summed E-state index contributed by atoms with van der Waals surface area (Å²) >= 11 is 0. The van der Waals surface area contributed by atoms with Crippen molar-refractivity contribution in [3.63, 3.8) is 0 Å². The molecule has 0 aromatic heterocycles. The maximum absolute atomic E-state index is 12.4. The molecule has 2 rings (SSSR count). The number of hydrogen-bond acceptors (Lipinski definition) is 4. The summed E-state index contributed by atoms with van der Waals surface area (Å²) in [6.45, 7) is 11.1. The van der Waals surface area contributed by atoms with Crippen molar-refractivity contribution in [1.82, 2.24) is 9.80 Å². The van der Waals surface area contributed by atoms with Crippen LogP contribution in [0.3, 0.4) is 0 Å². The molecule has 1 saturated heterocycles. The molecule has 1 aromatic carbocycles. The Balaban J connectivity index is 1.99. The van der Waals surface area contributed by atoms with E-state index in [2.05, 4.69) is 24.1 Å². The zero-order chi connectivity index (χ0) is 19.3.